The van der Waals surface area contributed by atoms with Crippen molar-refractivity contribution in [3.63, 3.8) is 0 Å². The molecule has 286 valence electrons. The minimum Gasteiger partial charge on any atom is -0.394 e. The lowest BCUT2D eigenvalue weighted by atomic mass is 9.95. The molecule has 23 nitrogen and oxygen atoms in total. The number of likely N-dealkylation sites (N-methyl/N-ethyl adjacent to an activating group) is 1. The molecule has 0 aromatic rings. The Hall–Kier alpha value is -2.56. The SMILES string of the molecule is CN(OC(=O)CCC(=O)ON1C(=O)CCC1=O)[C@@H]1O[C@H](CO)[C@@H](O[C@@H]2O[C@H](CO)[C@H](O)[C@H](O[C@H]3O[C@H](CO)[C@H](O)[C@H](O)[C@H]3O)[C@H]2O)[C@H](O)[C@H]1O. The third-order valence-corrected chi connectivity index (χ3v) is 8.43. The van der Waals surface area contributed by atoms with Gasteiger partial charge in [-0.15, -0.1) is 10.1 Å². The molecule has 15 atom stereocenters. The standard InChI is InChI=1S/C27H42N2O21/c1-28(49-14(35)4-5-15(36)50-29-12(33)2-3-13(29)34)25-20(41)19(40)23(11(8-32)44-25)47-27-22(43)24(17(38)10(7-31)46-27)48-26-21(42)18(39)16(37)9(6-30)45-26/h9-11,16-27,30-32,37-43H,2-8H2,1H3/t9-,10-,11-,16+,17+,18+,19-,20-,21-,22-,23-,24+,25-,26-,27+/m1/s1. The van der Waals surface area contributed by atoms with E-state index in [-0.39, 0.29) is 12.8 Å². The maximum Gasteiger partial charge on any atom is 0.333 e. The number of ether oxygens (including phenoxy) is 5. The summed E-state index contributed by atoms with van der Waals surface area (Å²) in [6.07, 6.45) is -28.1. The van der Waals surface area contributed by atoms with E-state index in [1.165, 1.54) is 0 Å². The van der Waals surface area contributed by atoms with E-state index in [4.69, 9.17) is 28.5 Å². The fourth-order valence-electron chi connectivity index (χ4n) is 5.62. The van der Waals surface area contributed by atoms with E-state index in [1.54, 1.807) is 0 Å². The average molecular weight is 731 g/mol. The van der Waals surface area contributed by atoms with Crippen LogP contribution < -0.4 is 0 Å². The van der Waals surface area contributed by atoms with Gasteiger partial charge in [0.1, 0.15) is 73.2 Å². The molecule has 0 unspecified atom stereocenters. The Bertz CT molecular complexity index is 1180. The molecule has 4 fully saturated rings. The van der Waals surface area contributed by atoms with Crippen molar-refractivity contribution in [2.45, 2.75) is 118 Å². The van der Waals surface area contributed by atoms with E-state index < -0.39 is 148 Å². The first kappa shape index (κ1) is 40.2. The molecule has 2 amide bonds. The third-order valence-electron chi connectivity index (χ3n) is 8.43. The first-order valence-electron chi connectivity index (χ1n) is 15.5. The summed E-state index contributed by atoms with van der Waals surface area (Å²) < 4.78 is 27.4. The van der Waals surface area contributed by atoms with E-state index in [9.17, 15) is 70.2 Å². The number of amides is 2. The number of imide groups is 1. The van der Waals surface area contributed by atoms with Crippen LogP contribution in [0.5, 0.6) is 0 Å². The van der Waals surface area contributed by atoms with E-state index in [0.29, 0.717) is 10.1 Å². The van der Waals surface area contributed by atoms with E-state index in [1.807, 2.05) is 0 Å². The van der Waals surface area contributed by atoms with E-state index in [0.717, 1.165) is 7.05 Å². The fraction of sp³-hybridized carbons (Fsp3) is 0.852. The molecule has 50 heavy (non-hydrogen) atoms. The molecule has 0 spiro atoms. The van der Waals surface area contributed by atoms with Crippen LogP contribution in [0.15, 0.2) is 0 Å². The van der Waals surface area contributed by atoms with Gasteiger partial charge in [0.15, 0.2) is 18.8 Å². The van der Waals surface area contributed by atoms with Crippen molar-refractivity contribution in [3.05, 3.63) is 0 Å². The van der Waals surface area contributed by atoms with E-state index in [2.05, 4.69) is 4.84 Å². The van der Waals surface area contributed by atoms with Gasteiger partial charge in [0.2, 0.25) is 0 Å². The first-order chi connectivity index (χ1) is 23.6. The molecule has 4 aliphatic rings. The minimum absolute atomic E-state index is 0.129. The third kappa shape index (κ3) is 8.72. The Kier molecular flexibility index (Phi) is 13.9. The molecule has 4 rings (SSSR count). The second-order valence-electron chi connectivity index (χ2n) is 11.9. The summed E-state index contributed by atoms with van der Waals surface area (Å²) >= 11 is 0. The van der Waals surface area contributed by atoms with Crippen molar-refractivity contribution in [2.24, 2.45) is 0 Å². The molecule has 23 heteroatoms. The molecule has 4 saturated heterocycles. The monoisotopic (exact) mass is 730 g/mol. The van der Waals surface area contributed by atoms with Crippen LogP contribution in [-0.4, -0.2) is 204 Å². The number of hydrogen-bond donors (Lipinski definition) is 10. The second kappa shape index (κ2) is 17.3. The van der Waals surface area contributed by atoms with Crippen LogP contribution in [0.3, 0.4) is 0 Å². The Balaban J connectivity index is 1.37. The van der Waals surface area contributed by atoms with Gasteiger partial charge < -0.3 is 84.4 Å². The van der Waals surface area contributed by atoms with Crippen molar-refractivity contribution in [3.8, 4) is 0 Å². The Morgan fingerprint density at radius 1 is 0.660 bits per heavy atom. The number of rotatable bonds is 13. The summed E-state index contributed by atoms with van der Waals surface area (Å²) in [4.78, 5) is 57.2. The van der Waals surface area contributed by atoms with Gasteiger partial charge in [-0.1, -0.05) is 0 Å². The lowest BCUT2D eigenvalue weighted by Crippen LogP contribution is -2.67. The van der Waals surface area contributed by atoms with Crippen molar-refractivity contribution in [1.29, 1.82) is 0 Å². The number of aliphatic hydroxyl groups excluding tert-OH is 10. The quantitative estimate of drug-likeness (QED) is 0.0621. The van der Waals surface area contributed by atoms with Crippen molar-refractivity contribution in [1.82, 2.24) is 10.1 Å². The summed E-state index contributed by atoms with van der Waals surface area (Å²) in [5.41, 5.74) is 0. The van der Waals surface area contributed by atoms with Gasteiger partial charge in [-0.3, -0.25) is 14.4 Å². The lowest BCUT2D eigenvalue weighted by molar-refractivity contribution is -0.381. The number of carbonyl (C=O) groups excluding carboxylic acids is 4. The molecular weight excluding hydrogens is 688 g/mol. The molecule has 0 aromatic heterocycles. The van der Waals surface area contributed by atoms with Crippen LogP contribution >= 0.6 is 0 Å². The topological polar surface area (TPSA) is 342 Å². The minimum atomic E-state index is -2.02. The molecule has 4 aliphatic heterocycles. The van der Waals surface area contributed by atoms with Crippen LogP contribution in [0, 0.1) is 0 Å². The molecule has 0 aromatic carbocycles. The second-order valence-corrected chi connectivity index (χ2v) is 11.9. The highest BCUT2D eigenvalue weighted by molar-refractivity contribution is 6.01. The highest BCUT2D eigenvalue weighted by Crippen LogP contribution is 2.33. The number of hydrogen-bond acceptors (Lipinski definition) is 22. The Morgan fingerprint density at radius 2 is 1.18 bits per heavy atom. The summed E-state index contributed by atoms with van der Waals surface area (Å²) in [5, 5.41) is 104. The number of hydroxylamine groups is 4. The lowest BCUT2D eigenvalue weighted by Gasteiger charge is -2.48. The van der Waals surface area contributed by atoms with Crippen LogP contribution in [-0.2, 0) is 52.5 Å². The molecule has 4 heterocycles. The molecule has 0 bridgehead atoms. The van der Waals surface area contributed by atoms with Gasteiger partial charge in [-0.25, -0.2) is 4.79 Å². The number of aliphatic hydroxyl groups is 10. The zero-order chi connectivity index (χ0) is 37.0. The van der Waals surface area contributed by atoms with Crippen molar-refractivity contribution >= 4 is 23.8 Å². The fourth-order valence-corrected chi connectivity index (χ4v) is 5.62. The largest absolute Gasteiger partial charge is 0.394 e. The predicted octanol–water partition coefficient (Wildman–Crippen LogP) is -7.79. The molecule has 0 aliphatic carbocycles. The average Bonchev–Trinajstić information content (AvgIpc) is 3.40. The predicted molar refractivity (Wildman–Crippen MR) is 149 cm³/mol. The van der Waals surface area contributed by atoms with Gasteiger partial charge in [0.25, 0.3) is 11.8 Å². The number of carbonyl (C=O) groups is 4. The summed E-state index contributed by atoms with van der Waals surface area (Å²) in [6, 6.07) is 0. The van der Waals surface area contributed by atoms with E-state index >= 15 is 0 Å². The first-order valence-corrected chi connectivity index (χ1v) is 15.5. The normalized spacial score (nSPS) is 41.0. The maximum absolute atomic E-state index is 12.4. The molecular formula is C27H42N2O21. The smallest absolute Gasteiger partial charge is 0.333 e. The molecule has 0 saturated carbocycles. The van der Waals surface area contributed by atoms with Crippen LogP contribution in [0.1, 0.15) is 25.7 Å². The summed E-state index contributed by atoms with van der Waals surface area (Å²) in [5.74, 6) is -3.58. The Morgan fingerprint density at radius 3 is 1.76 bits per heavy atom. The van der Waals surface area contributed by atoms with Gasteiger partial charge in [-0.2, -0.15) is 0 Å². The zero-order valence-electron chi connectivity index (χ0n) is 26.5. The van der Waals surface area contributed by atoms with Gasteiger partial charge in [-0.05, 0) is 0 Å². The maximum atomic E-state index is 12.4. The summed E-state index contributed by atoms with van der Waals surface area (Å²) in [6.45, 7) is -2.59. The van der Waals surface area contributed by atoms with Crippen LogP contribution in [0.4, 0.5) is 0 Å². The van der Waals surface area contributed by atoms with Crippen molar-refractivity contribution < 1.29 is 104 Å². The van der Waals surface area contributed by atoms with Gasteiger partial charge in [0.05, 0.1) is 32.7 Å². The molecule has 0 radical (unpaired) electrons. The number of nitrogens with zero attached hydrogens (tertiary/aromatic N) is 2. The highest BCUT2D eigenvalue weighted by atomic mass is 16.8. The molecule has 10 N–H and O–H groups in total. The van der Waals surface area contributed by atoms with Crippen LogP contribution in [0.2, 0.25) is 0 Å². The Labute approximate surface area is 282 Å². The van der Waals surface area contributed by atoms with Gasteiger partial charge >= 0.3 is 11.9 Å². The summed E-state index contributed by atoms with van der Waals surface area (Å²) in [7, 11) is 1.11. The van der Waals surface area contributed by atoms with Crippen molar-refractivity contribution in [2.75, 3.05) is 26.9 Å². The van der Waals surface area contributed by atoms with Gasteiger partial charge in [0, 0.05) is 19.9 Å². The van der Waals surface area contributed by atoms with Crippen LogP contribution in [0.25, 0.3) is 0 Å². The highest BCUT2D eigenvalue weighted by Gasteiger charge is 2.54. The zero-order valence-corrected chi connectivity index (χ0v) is 26.5.